The fourth-order valence-corrected chi connectivity index (χ4v) is 2.87. The standard InChI is InChI=1S/C16H12N2O3S/c1-9(17-18-16(21)12-7-4-8-22-12)13-14(19)10-5-2-3-6-11(10)15(13)20/h2-8,19H,1H3,(H,18,21). The third-order valence-electron chi connectivity index (χ3n) is 3.32. The Hall–Kier alpha value is -2.73. The number of allylic oxidation sites excluding steroid dienone is 1. The topological polar surface area (TPSA) is 78.8 Å². The Labute approximate surface area is 130 Å². The number of hydrogen-bond acceptors (Lipinski definition) is 5. The van der Waals surface area contributed by atoms with E-state index in [4.69, 9.17) is 0 Å². The molecule has 6 heteroatoms. The molecule has 0 saturated carbocycles. The van der Waals surface area contributed by atoms with Gasteiger partial charge in [-0.05, 0) is 18.4 Å². The summed E-state index contributed by atoms with van der Waals surface area (Å²) in [5.74, 6) is -0.746. The highest BCUT2D eigenvalue weighted by Crippen LogP contribution is 2.31. The van der Waals surface area contributed by atoms with Crippen molar-refractivity contribution in [1.82, 2.24) is 5.43 Å². The lowest BCUT2D eigenvalue weighted by Gasteiger charge is -2.02. The second-order valence-electron chi connectivity index (χ2n) is 4.71. The number of nitrogens with one attached hydrogen (secondary N) is 1. The van der Waals surface area contributed by atoms with Gasteiger partial charge in [0.05, 0.1) is 16.2 Å². The number of carbonyl (C=O) groups is 2. The average molecular weight is 312 g/mol. The first-order chi connectivity index (χ1) is 10.6. The van der Waals surface area contributed by atoms with Crippen LogP contribution in [-0.2, 0) is 0 Å². The molecule has 0 spiro atoms. The van der Waals surface area contributed by atoms with Crippen molar-refractivity contribution in [3.8, 4) is 0 Å². The summed E-state index contributed by atoms with van der Waals surface area (Å²) in [5.41, 5.74) is 3.70. The smallest absolute Gasteiger partial charge is 0.281 e. The third-order valence-corrected chi connectivity index (χ3v) is 4.19. The molecule has 0 fully saturated rings. The second-order valence-corrected chi connectivity index (χ2v) is 5.66. The molecule has 1 aromatic carbocycles. The summed E-state index contributed by atoms with van der Waals surface area (Å²) in [4.78, 5) is 24.7. The molecule has 0 atom stereocenters. The number of thiophene rings is 1. The van der Waals surface area contributed by atoms with Crippen molar-refractivity contribution in [2.24, 2.45) is 5.10 Å². The summed E-state index contributed by atoms with van der Waals surface area (Å²) in [6.45, 7) is 1.57. The predicted octanol–water partition coefficient (Wildman–Crippen LogP) is 3.02. The molecule has 2 aromatic rings. The minimum Gasteiger partial charge on any atom is -0.506 e. The highest BCUT2D eigenvalue weighted by Gasteiger charge is 2.31. The average Bonchev–Trinajstić information content (AvgIpc) is 3.14. The SMILES string of the molecule is CC(=NNC(=O)c1cccs1)C1=C(O)c2ccccc2C1=O. The van der Waals surface area contributed by atoms with Gasteiger partial charge in [-0.15, -0.1) is 11.3 Å². The van der Waals surface area contributed by atoms with Gasteiger partial charge in [-0.2, -0.15) is 5.10 Å². The monoisotopic (exact) mass is 312 g/mol. The lowest BCUT2D eigenvalue weighted by atomic mass is 10.1. The van der Waals surface area contributed by atoms with E-state index < -0.39 is 0 Å². The quantitative estimate of drug-likeness (QED) is 0.675. The number of fused-ring (bicyclic) bond motifs is 1. The minimum absolute atomic E-state index is 0.104. The van der Waals surface area contributed by atoms with Crippen LogP contribution in [0.2, 0.25) is 0 Å². The maximum atomic E-state index is 12.3. The molecule has 0 radical (unpaired) electrons. The van der Waals surface area contributed by atoms with E-state index in [0.717, 1.165) is 0 Å². The number of rotatable bonds is 3. The number of aliphatic hydroxyl groups is 1. The summed E-state index contributed by atoms with van der Waals surface area (Å²) >= 11 is 1.30. The van der Waals surface area contributed by atoms with Gasteiger partial charge in [0.1, 0.15) is 5.76 Å². The maximum Gasteiger partial charge on any atom is 0.281 e. The number of amides is 1. The lowest BCUT2D eigenvalue weighted by molar-refractivity contribution is 0.0957. The highest BCUT2D eigenvalue weighted by atomic mass is 32.1. The Kier molecular flexibility index (Phi) is 3.60. The highest BCUT2D eigenvalue weighted by molar-refractivity contribution is 7.12. The molecule has 22 heavy (non-hydrogen) atoms. The van der Waals surface area contributed by atoms with Crippen LogP contribution in [0.25, 0.3) is 5.76 Å². The summed E-state index contributed by atoms with van der Waals surface area (Å²) in [5, 5.41) is 15.9. The van der Waals surface area contributed by atoms with Crippen LogP contribution in [0.5, 0.6) is 0 Å². The number of nitrogens with zero attached hydrogens (tertiary/aromatic N) is 1. The maximum absolute atomic E-state index is 12.3. The molecule has 2 N–H and O–H groups in total. The molecule has 0 unspecified atom stereocenters. The number of hydrazone groups is 1. The zero-order chi connectivity index (χ0) is 15.7. The fraction of sp³-hybridized carbons (Fsp3) is 0.0625. The van der Waals surface area contributed by atoms with Gasteiger partial charge in [-0.3, -0.25) is 9.59 Å². The summed E-state index contributed by atoms with van der Waals surface area (Å²) in [6.07, 6.45) is 0. The molecule has 1 amide bonds. The largest absolute Gasteiger partial charge is 0.506 e. The van der Waals surface area contributed by atoms with E-state index in [1.165, 1.54) is 11.3 Å². The van der Waals surface area contributed by atoms with Gasteiger partial charge < -0.3 is 5.11 Å². The molecule has 1 aliphatic carbocycles. The van der Waals surface area contributed by atoms with Crippen LogP contribution in [-0.4, -0.2) is 22.5 Å². The van der Waals surface area contributed by atoms with Crippen LogP contribution >= 0.6 is 11.3 Å². The normalized spacial score (nSPS) is 14.2. The zero-order valence-corrected chi connectivity index (χ0v) is 12.5. The number of carbonyl (C=O) groups excluding carboxylic acids is 2. The van der Waals surface area contributed by atoms with Crippen molar-refractivity contribution in [3.63, 3.8) is 0 Å². The van der Waals surface area contributed by atoms with E-state index in [-0.39, 0.29) is 28.7 Å². The van der Waals surface area contributed by atoms with Gasteiger partial charge in [-0.25, -0.2) is 5.43 Å². The van der Waals surface area contributed by atoms with Crippen LogP contribution in [0.1, 0.15) is 32.5 Å². The van der Waals surface area contributed by atoms with E-state index in [1.54, 1.807) is 48.7 Å². The minimum atomic E-state index is -0.350. The lowest BCUT2D eigenvalue weighted by Crippen LogP contribution is -2.19. The Balaban J connectivity index is 1.85. The fourth-order valence-electron chi connectivity index (χ4n) is 2.25. The number of Topliss-reactive ketones (excluding diaryl/α,β-unsaturated/α-hetero) is 1. The van der Waals surface area contributed by atoms with Crippen molar-refractivity contribution in [1.29, 1.82) is 0 Å². The van der Waals surface area contributed by atoms with Crippen molar-refractivity contribution in [2.75, 3.05) is 0 Å². The van der Waals surface area contributed by atoms with Crippen LogP contribution in [0.3, 0.4) is 0 Å². The van der Waals surface area contributed by atoms with E-state index in [9.17, 15) is 14.7 Å². The van der Waals surface area contributed by atoms with Crippen LogP contribution < -0.4 is 5.43 Å². The van der Waals surface area contributed by atoms with Gasteiger partial charge in [0.2, 0.25) is 0 Å². The summed E-state index contributed by atoms with van der Waals surface area (Å²) < 4.78 is 0. The number of ketones is 1. The first-order valence-electron chi connectivity index (χ1n) is 6.55. The number of benzene rings is 1. The molecular weight excluding hydrogens is 300 g/mol. The Morgan fingerprint density at radius 2 is 1.91 bits per heavy atom. The molecule has 110 valence electrons. The zero-order valence-electron chi connectivity index (χ0n) is 11.7. The Morgan fingerprint density at radius 3 is 2.55 bits per heavy atom. The van der Waals surface area contributed by atoms with E-state index in [1.807, 2.05) is 0 Å². The van der Waals surface area contributed by atoms with E-state index in [2.05, 4.69) is 10.5 Å². The van der Waals surface area contributed by atoms with E-state index in [0.29, 0.717) is 16.0 Å². The van der Waals surface area contributed by atoms with Crippen molar-refractivity contribution < 1.29 is 14.7 Å². The first-order valence-corrected chi connectivity index (χ1v) is 7.43. The van der Waals surface area contributed by atoms with Crippen molar-refractivity contribution >= 4 is 34.5 Å². The molecule has 0 aliphatic heterocycles. The van der Waals surface area contributed by atoms with Crippen molar-refractivity contribution in [2.45, 2.75) is 6.92 Å². The molecule has 5 nitrogen and oxygen atoms in total. The van der Waals surface area contributed by atoms with Gasteiger partial charge in [0.25, 0.3) is 5.91 Å². The molecule has 0 bridgehead atoms. The molecule has 3 rings (SSSR count). The molecule has 0 saturated heterocycles. The summed E-state index contributed by atoms with van der Waals surface area (Å²) in [6, 6.07) is 10.2. The Morgan fingerprint density at radius 1 is 1.18 bits per heavy atom. The second kappa shape index (κ2) is 5.57. The van der Waals surface area contributed by atoms with Crippen molar-refractivity contribution in [3.05, 3.63) is 63.4 Å². The number of hydrogen-bond donors (Lipinski definition) is 2. The first kappa shape index (κ1) is 14.2. The Bertz CT molecular complexity index is 820. The van der Waals surface area contributed by atoms with Gasteiger partial charge in [0, 0.05) is 11.1 Å². The predicted molar refractivity (Wildman–Crippen MR) is 85.2 cm³/mol. The molecular formula is C16H12N2O3S. The number of aliphatic hydroxyl groups excluding tert-OH is 1. The third kappa shape index (κ3) is 2.33. The van der Waals surface area contributed by atoms with Gasteiger partial charge >= 0.3 is 0 Å². The van der Waals surface area contributed by atoms with Gasteiger partial charge in [0.15, 0.2) is 5.78 Å². The van der Waals surface area contributed by atoms with Crippen LogP contribution in [0, 0.1) is 0 Å². The molecule has 1 aromatic heterocycles. The van der Waals surface area contributed by atoms with E-state index >= 15 is 0 Å². The van der Waals surface area contributed by atoms with Crippen LogP contribution in [0.15, 0.2) is 52.5 Å². The van der Waals surface area contributed by atoms with Gasteiger partial charge in [-0.1, -0.05) is 30.3 Å². The molecule has 1 heterocycles. The summed E-state index contributed by atoms with van der Waals surface area (Å²) in [7, 11) is 0. The molecule has 1 aliphatic rings. The van der Waals surface area contributed by atoms with Crippen LogP contribution in [0.4, 0.5) is 0 Å².